The molecule has 1 aromatic rings. The normalized spacial score (nSPS) is 30.2. The van der Waals surface area contributed by atoms with Crippen LogP contribution < -0.4 is 10.2 Å². The second kappa shape index (κ2) is 5.92. The Bertz CT molecular complexity index is 528. The second-order valence-corrected chi connectivity index (χ2v) is 4.90. The maximum absolute atomic E-state index is 11.8. The van der Waals surface area contributed by atoms with Crippen LogP contribution in [0.4, 0.5) is 0 Å². The summed E-state index contributed by atoms with van der Waals surface area (Å²) in [5, 5.41) is 28.4. The van der Waals surface area contributed by atoms with Crippen LogP contribution in [0, 0.1) is 6.92 Å². The van der Waals surface area contributed by atoms with Gasteiger partial charge in [0.15, 0.2) is 5.75 Å². The van der Waals surface area contributed by atoms with Gasteiger partial charge < -0.3 is 29.4 Å². The van der Waals surface area contributed by atoms with Crippen molar-refractivity contribution in [3.63, 3.8) is 0 Å². The summed E-state index contributed by atoms with van der Waals surface area (Å²) < 4.78 is 12.6. The van der Waals surface area contributed by atoms with E-state index in [1.54, 1.807) is 24.7 Å². The fourth-order valence-electron chi connectivity index (χ4n) is 2.12. The van der Waals surface area contributed by atoms with E-state index < -0.39 is 31.2 Å². The molecule has 3 N–H and O–H groups in total. The highest BCUT2D eigenvalue weighted by atomic mass is 16.7. The molecule has 20 heavy (non-hydrogen) atoms. The van der Waals surface area contributed by atoms with Crippen molar-refractivity contribution in [1.82, 2.24) is 4.57 Å². The van der Waals surface area contributed by atoms with E-state index in [2.05, 4.69) is 0 Å². The predicted octanol–water partition coefficient (Wildman–Crippen LogP) is -1.10. The molecule has 1 aliphatic heterocycles. The molecule has 1 aromatic heterocycles. The molecule has 1 aliphatic rings. The summed E-state index contributed by atoms with van der Waals surface area (Å²) >= 11 is 0. The van der Waals surface area contributed by atoms with Crippen molar-refractivity contribution in [3.05, 3.63) is 28.2 Å². The lowest BCUT2D eigenvalue weighted by Gasteiger charge is -2.36. The number of aryl methyl sites for hydroxylation is 1. The van der Waals surface area contributed by atoms with Gasteiger partial charge in [-0.05, 0) is 6.92 Å². The van der Waals surface area contributed by atoms with Crippen molar-refractivity contribution < 1.29 is 24.8 Å². The van der Waals surface area contributed by atoms with Gasteiger partial charge in [-0.15, -0.1) is 0 Å². The Morgan fingerprint density at radius 3 is 2.85 bits per heavy atom. The van der Waals surface area contributed by atoms with Gasteiger partial charge in [0.2, 0.25) is 11.7 Å². The number of nitrogens with zero attached hydrogens (tertiary/aromatic N) is 1. The van der Waals surface area contributed by atoms with Crippen LogP contribution in [0.2, 0.25) is 0 Å². The Hall–Kier alpha value is -1.41. The van der Waals surface area contributed by atoms with Crippen molar-refractivity contribution in [1.29, 1.82) is 0 Å². The number of hydrogen-bond donors (Lipinski definition) is 3. The van der Waals surface area contributed by atoms with Crippen molar-refractivity contribution in [2.75, 3.05) is 6.61 Å². The second-order valence-electron chi connectivity index (χ2n) is 4.90. The molecule has 2 heterocycles. The van der Waals surface area contributed by atoms with Crippen LogP contribution in [0.15, 0.2) is 17.1 Å². The Morgan fingerprint density at radius 2 is 2.20 bits per heavy atom. The SMILES string of the molecule is Cc1c(OC2CC(O)C(O)C(CO)O2)c(=O)ccn1C. The van der Waals surface area contributed by atoms with E-state index in [0.717, 1.165) is 0 Å². The molecular formula is C13H19NO6. The summed E-state index contributed by atoms with van der Waals surface area (Å²) in [6.45, 7) is 1.29. The summed E-state index contributed by atoms with van der Waals surface area (Å²) in [6, 6.07) is 1.37. The monoisotopic (exact) mass is 285 g/mol. The molecule has 1 fully saturated rings. The van der Waals surface area contributed by atoms with E-state index in [1.807, 2.05) is 0 Å². The number of ether oxygens (including phenoxy) is 2. The third-order valence-corrected chi connectivity index (χ3v) is 3.50. The zero-order valence-electron chi connectivity index (χ0n) is 11.4. The van der Waals surface area contributed by atoms with E-state index in [9.17, 15) is 15.0 Å². The molecule has 4 atom stereocenters. The third kappa shape index (κ3) is 2.85. The van der Waals surface area contributed by atoms with Gasteiger partial charge in [-0.3, -0.25) is 4.79 Å². The van der Waals surface area contributed by atoms with E-state index in [-0.39, 0.29) is 17.6 Å². The van der Waals surface area contributed by atoms with Gasteiger partial charge in [-0.2, -0.15) is 0 Å². The molecule has 0 bridgehead atoms. The van der Waals surface area contributed by atoms with Crippen LogP contribution in [0.5, 0.6) is 5.75 Å². The molecule has 0 radical (unpaired) electrons. The zero-order valence-corrected chi connectivity index (χ0v) is 11.4. The molecule has 112 valence electrons. The maximum atomic E-state index is 11.8. The van der Waals surface area contributed by atoms with Crippen LogP contribution >= 0.6 is 0 Å². The number of aromatic nitrogens is 1. The van der Waals surface area contributed by atoms with E-state index in [1.165, 1.54) is 6.07 Å². The summed E-state index contributed by atoms with van der Waals surface area (Å²) in [7, 11) is 1.78. The van der Waals surface area contributed by atoms with Gasteiger partial charge in [0.05, 0.1) is 18.4 Å². The van der Waals surface area contributed by atoms with Crippen LogP contribution in [0.1, 0.15) is 12.1 Å². The fourth-order valence-corrected chi connectivity index (χ4v) is 2.12. The first-order valence-corrected chi connectivity index (χ1v) is 6.39. The van der Waals surface area contributed by atoms with Gasteiger partial charge in [0.1, 0.15) is 12.2 Å². The fraction of sp³-hybridized carbons (Fsp3) is 0.615. The Kier molecular flexibility index (Phi) is 4.44. The quantitative estimate of drug-likeness (QED) is 0.652. The first-order chi connectivity index (χ1) is 9.43. The minimum atomic E-state index is -1.17. The van der Waals surface area contributed by atoms with E-state index in [4.69, 9.17) is 14.6 Å². The summed E-state index contributed by atoms with van der Waals surface area (Å²) in [5.74, 6) is 0.139. The molecule has 7 nitrogen and oxygen atoms in total. The molecule has 4 unspecified atom stereocenters. The standard InChI is InChI=1S/C13H19NO6/c1-7-13(8(16)3-4-14(7)2)20-11-5-9(17)12(18)10(6-15)19-11/h3-4,9-12,15,17-18H,5-6H2,1-2H3. The topological polar surface area (TPSA) is 101 Å². The van der Waals surface area contributed by atoms with Gasteiger partial charge in [-0.1, -0.05) is 0 Å². The van der Waals surface area contributed by atoms with Crippen LogP contribution in [0.3, 0.4) is 0 Å². The van der Waals surface area contributed by atoms with E-state index >= 15 is 0 Å². The Labute approximate surface area is 116 Å². The lowest BCUT2D eigenvalue weighted by atomic mass is 10.0. The summed E-state index contributed by atoms with van der Waals surface area (Å²) in [6.07, 6.45) is -2.41. The van der Waals surface area contributed by atoms with E-state index in [0.29, 0.717) is 5.69 Å². The van der Waals surface area contributed by atoms with Gasteiger partial charge in [0.25, 0.3) is 0 Å². The minimum absolute atomic E-state index is 0.0230. The van der Waals surface area contributed by atoms with Crippen molar-refractivity contribution in [2.24, 2.45) is 7.05 Å². The highest BCUT2D eigenvalue weighted by Gasteiger charge is 2.37. The maximum Gasteiger partial charge on any atom is 0.223 e. The molecule has 7 heteroatoms. The average molecular weight is 285 g/mol. The minimum Gasteiger partial charge on any atom is -0.459 e. The highest BCUT2D eigenvalue weighted by molar-refractivity contribution is 5.27. The van der Waals surface area contributed by atoms with Crippen LogP contribution in [0.25, 0.3) is 0 Å². The smallest absolute Gasteiger partial charge is 0.223 e. The average Bonchev–Trinajstić information content (AvgIpc) is 2.43. The zero-order chi connectivity index (χ0) is 14.9. The number of aliphatic hydroxyl groups excluding tert-OH is 3. The number of hydrogen-bond acceptors (Lipinski definition) is 6. The first-order valence-electron chi connectivity index (χ1n) is 6.39. The van der Waals surface area contributed by atoms with Crippen molar-refractivity contribution >= 4 is 0 Å². The molecular weight excluding hydrogens is 266 g/mol. The predicted molar refractivity (Wildman–Crippen MR) is 69.4 cm³/mol. The molecule has 0 spiro atoms. The molecule has 0 saturated carbocycles. The first kappa shape index (κ1) is 15.0. The Balaban J connectivity index is 2.19. The molecule has 0 aromatic carbocycles. The molecule has 2 rings (SSSR count). The van der Waals surface area contributed by atoms with Crippen LogP contribution in [-0.4, -0.2) is 51.1 Å². The number of rotatable bonds is 3. The molecule has 1 saturated heterocycles. The van der Waals surface area contributed by atoms with Crippen molar-refractivity contribution in [3.8, 4) is 5.75 Å². The number of aliphatic hydroxyl groups is 3. The summed E-state index contributed by atoms with van der Waals surface area (Å²) in [4.78, 5) is 11.8. The number of pyridine rings is 1. The van der Waals surface area contributed by atoms with Crippen molar-refractivity contribution in [2.45, 2.75) is 37.9 Å². The Morgan fingerprint density at radius 1 is 1.50 bits per heavy atom. The van der Waals surface area contributed by atoms with Crippen LogP contribution in [-0.2, 0) is 11.8 Å². The molecule has 0 aliphatic carbocycles. The molecule has 0 amide bonds. The largest absolute Gasteiger partial charge is 0.459 e. The third-order valence-electron chi connectivity index (χ3n) is 3.50. The van der Waals surface area contributed by atoms with Gasteiger partial charge in [0, 0.05) is 25.7 Å². The highest BCUT2D eigenvalue weighted by Crippen LogP contribution is 2.23. The van der Waals surface area contributed by atoms with Gasteiger partial charge >= 0.3 is 0 Å². The lowest BCUT2D eigenvalue weighted by molar-refractivity contribution is -0.230. The lowest BCUT2D eigenvalue weighted by Crippen LogP contribution is -2.51. The van der Waals surface area contributed by atoms with Gasteiger partial charge in [-0.25, -0.2) is 0 Å². The summed E-state index contributed by atoms with van der Waals surface area (Å²) in [5.41, 5.74) is 0.340.